The summed E-state index contributed by atoms with van der Waals surface area (Å²) < 4.78 is 0. The molecular formula is C9H14N4O. The van der Waals surface area contributed by atoms with Crippen molar-refractivity contribution >= 4 is 5.91 Å². The van der Waals surface area contributed by atoms with E-state index in [-0.39, 0.29) is 5.82 Å². The minimum Gasteiger partial charge on any atom is -0.363 e. The van der Waals surface area contributed by atoms with Crippen molar-refractivity contribution in [3.8, 4) is 0 Å². The SMILES string of the molecule is CN1CCC(c2cnc(C(N)=O)[nH]2)C1. The maximum Gasteiger partial charge on any atom is 0.284 e. The van der Waals surface area contributed by atoms with Crippen LogP contribution in [0.2, 0.25) is 0 Å². The van der Waals surface area contributed by atoms with Gasteiger partial charge in [0.15, 0.2) is 5.82 Å². The largest absolute Gasteiger partial charge is 0.363 e. The summed E-state index contributed by atoms with van der Waals surface area (Å²) in [6, 6.07) is 0. The molecule has 1 amide bonds. The van der Waals surface area contributed by atoms with Gasteiger partial charge in [-0.15, -0.1) is 0 Å². The van der Waals surface area contributed by atoms with Crippen LogP contribution in [-0.4, -0.2) is 40.9 Å². The van der Waals surface area contributed by atoms with Crippen LogP contribution in [-0.2, 0) is 0 Å². The Morgan fingerprint density at radius 1 is 1.79 bits per heavy atom. The van der Waals surface area contributed by atoms with Gasteiger partial charge in [-0.1, -0.05) is 0 Å². The normalized spacial score (nSPS) is 22.8. The highest BCUT2D eigenvalue weighted by atomic mass is 16.1. The molecule has 0 bridgehead atoms. The molecule has 0 aliphatic carbocycles. The van der Waals surface area contributed by atoms with E-state index in [1.807, 2.05) is 0 Å². The van der Waals surface area contributed by atoms with Crippen LogP contribution in [0.5, 0.6) is 0 Å². The minimum atomic E-state index is -0.498. The molecule has 5 heteroatoms. The number of nitrogens with zero attached hydrogens (tertiary/aromatic N) is 2. The molecular weight excluding hydrogens is 180 g/mol. The Bertz CT molecular complexity index is 346. The minimum absolute atomic E-state index is 0.259. The van der Waals surface area contributed by atoms with Gasteiger partial charge < -0.3 is 15.6 Å². The van der Waals surface area contributed by atoms with Crippen molar-refractivity contribution in [2.75, 3.05) is 20.1 Å². The predicted octanol–water partition coefficient (Wildman–Crippen LogP) is -0.0723. The van der Waals surface area contributed by atoms with E-state index in [1.54, 1.807) is 6.20 Å². The number of nitrogens with two attached hydrogens (primary N) is 1. The first-order valence-corrected chi connectivity index (χ1v) is 4.70. The molecule has 0 radical (unpaired) electrons. The second-order valence-corrected chi connectivity index (χ2v) is 3.80. The van der Waals surface area contributed by atoms with Crippen LogP contribution in [0.25, 0.3) is 0 Å². The first-order valence-electron chi connectivity index (χ1n) is 4.70. The molecule has 1 aliphatic rings. The van der Waals surface area contributed by atoms with Crippen molar-refractivity contribution in [2.45, 2.75) is 12.3 Å². The number of carbonyl (C=O) groups excluding carboxylic acids is 1. The molecule has 1 atom stereocenters. The Morgan fingerprint density at radius 2 is 2.57 bits per heavy atom. The Hall–Kier alpha value is -1.36. The summed E-state index contributed by atoms with van der Waals surface area (Å²) in [5.74, 6) is 0.220. The van der Waals surface area contributed by atoms with Gasteiger partial charge in [0.2, 0.25) is 0 Å². The summed E-state index contributed by atoms with van der Waals surface area (Å²) in [4.78, 5) is 20.0. The number of hydrogen-bond donors (Lipinski definition) is 2. The number of aromatic nitrogens is 2. The molecule has 1 unspecified atom stereocenters. The standard InChI is InChI=1S/C9H14N4O/c1-13-3-2-6(5-13)7-4-11-9(12-7)8(10)14/h4,6H,2-3,5H2,1H3,(H2,10,14)(H,11,12). The van der Waals surface area contributed by atoms with Crippen LogP contribution in [0.15, 0.2) is 6.20 Å². The summed E-state index contributed by atoms with van der Waals surface area (Å²) in [6.07, 6.45) is 2.82. The summed E-state index contributed by atoms with van der Waals surface area (Å²) >= 11 is 0. The zero-order chi connectivity index (χ0) is 10.1. The molecule has 0 aromatic carbocycles. The van der Waals surface area contributed by atoms with Gasteiger partial charge >= 0.3 is 0 Å². The second-order valence-electron chi connectivity index (χ2n) is 3.80. The number of H-pyrrole nitrogens is 1. The lowest BCUT2D eigenvalue weighted by molar-refractivity contribution is 0.0991. The third-order valence-corrected chi connectivity index (χ3v) is 2.66. The number of aromatic amines is 1. The van der Waals surface area contributed by atoms with Crippen molar-refractivity contribution in [1.29, 1.82) is 0 Å². The quantitative estimate of drug-likeness (QED) is 0.692. The average molecular weight is 194 g/mol. The highest BCUT2D eigenvalue weighted by Gasteiger charge is 2.23. The number of primary amides is 1. The molecule has 1 aromatic heterocycles. The van der Waals surface area contributed by atoms with Gasteiger partial charge in [0.25, 0.3) is 5.91 Å². The van der Waals surface area contributed by atoms with Crippen molar-refractivity contribution in [3.05, 3.63) is 17.7 Å². The molecule has 1 saturated heterocycles. The summed E-state index contributed by atoms with van der Waals surface area (Å²) in [5, 5.41) is 0. The van der Waals surface area contributed by atoms with E-state index in [0.29, 0.717) is 5.92 Å². The maximum absolute atomic E-state index is 10.8. The monoisotopic (exact) mass is 194 g/mol. The van der Waals surface area contributed by atoms with Gasteiger partial charge in [-0.3, -0.25) is 4.79 Å². The molecule has 1 aromatic rings. The van der Waals surface area contributed by atoms with Crippen molar-refractivity contribution in [1.82, 2.24) is 14.9 Å². The van der Waals surface area contributed by atoms with E-state index in [0.717, 1.165) is 25.2 Å². The van der Waals surface area contributed by atoms with Crippen molar-refractivity contribution in [3.63, 3.8) is 0 Å². The second kappa shape index (κ2) is 3.42. The molecule has 3 N–H and O–H groups in total. The predicted molar refractivity (Wildman–Crippen MR) is 52.0 cm³/mol. The number of imidazole rings is 1. The smallest absolute Gasteiger partial charge is 0.284 e. The number of hydrogen-bond acceptors (Lipinski definition) is 3. The Morgan fingerprint density at radius 3 is 3.07 bits per heavy atom. The number of rotatable bonds is 2. The summed E-state index contributed by atoms with van der Waals surface area (Å²) in [5.41, 5.74) is 6.13. The van der Waals surface area contributed by atoms with E-state index in [9.17, 15) is 4.79 Å². The van der Waals surface area contributed by atoms with Crippen LogP contribution < -0.4 is 5.73 Å². The Balaban J connectivity index is 2.13. The first-order chi connectivity index (χ1) is 6.66. The molecule has 2 heterocycles. The van der Waals surface area contributed by atoms with Crippen LogP contribution in [0.3, 0.4) is 0 Å². The highest BCUT2D eigenvalue weighted by Crippen LogP contribution is 2.24. The number of nitrogens with one attached hydrogen (secondary N) is 1. The molecule has 0 spiro atoms. The van der Waals surface area contributed by atoms with Gasteiger partial charge in [0.05, 0.1) is 0 Å². The summed E-state index contributed by atoms with van der Waals surface area (Å²) in [7, 11) is 2.09. The molecule has 1 aliphatic heterocycles. The molecule has 2 rings (SSSR count). The van der Waals surface area contributed by atoms with Gasteiger partial charge in [-0.2, -0.15) is 0 Å². The fourth-order valence-corrected chi connectivity index (χ4v) is 1.86. The Labute approximate surface area is 82.3 Å². The van der Waals surface area contributed by atoms with E-state index >= 15 is 0 Å². The third kappa shape index (κ3) is 1.63. The van der Waals surface area contributed by atoms with Gasteiger partial charge in [0, 0.05) is 24.4 Å². The van der Waals surface area contributed by atoms with Gasteiger partial charge in [-0.05, 0) is 20.0 Å². The Kier molecular flexibility index (Phi) is 2.25. The number of likely N-dealkylation sites (tertiary alicyclic amines) is 1. The molecule has 76 valence electrons. The van der Waals surface area contributed by atoms with Crippen molar-refractivity contribution in [2.24, 2.45) is 5.73 Å². The van der Waals surface area contributed by atoms with Crippen LogP contribution in [0, 0.1) is 0 Å². The number of carbonyl (C=O) groups is 1. The molecule has 5 nitrogen and oxygen atoms in total. The van der Waals surface area contributed by atoms with E-state index in [1.165, 1.54) is 0 Å². The highest BCUT2D eigenvalue weighted by molar-refractivity contribution is 5.88. The van der Waals surface area contributed by atoms with Gasteiger partial charge in [-0.25, -0.2) is 4.98 Å². The molecule has 14 heavy (non-hydrogen) atoms. The maximum atomic E-state index is 10.8. The van der Waals surface area contributed by atoms with Crippen LogP contribution >= 0.6 is 0 Å². The number of likely N-dealkylation sites (N-methyl/N-ethyl adjacent to an activating group) is 1. The molecule has 1 fully saturated rings. The lowest BCUT2D eigenvalue weighted by Gasteiger charge is -2.07. The van der Waals surface area contributed by atoms with Gasteiger partial charge in [0.1, 0.15) is 0 Å². The first kappa shape index (κ1) is 9.21. The lowest BCUT2D eigenvalue weighted by atomic mass is 10.1. The summed E-state index contributed by atoms with van der Waals surface area (Å²) in [6.45, 7) is 2.11. The number of amides is 1. The zero-order valence-corrected chi connectivity index (χ0v) is 8.16. The fourth-order valence-electron chi connectivity index (χ4n) is 1.86. The topological polar surface area (TPSA) is 75.0 Å². The van der Waals surface area contributed by atoms with Crippen LogP contribution in [0.4, 0.5) is 0 Å². The fraction of sp³-hybridized carbons (Fsp3) is 0.556. The molecule has 0 saturated carbocycles. The average Bonchev–Trinajstić information content (AvgIpc) is 2.70. The zero-order valence-electron chi connectivity index (χ0n) is 8.16. The van der Waals surface area contributed by atoms with E-state index in [2.05, 4.69) is 21.9 Å². The lowest BCUT2D eigenvalue weighted by Crippen LogP contribution is -2.14. The van der Waals surface area contributed by atoms with E-state index in [4.69, 9.17) is 5.73 Å². The van der Waals surface area contributed by atoms with Crippen LogP contribution in [0.1, 0.15) is 28.7 Å². The third-order valence-electron chi connectivity index (χ3n) is 2.66. The van der Waals surface area contributed by atoms with E-state index < -0.39 is 5.91 Å². The van der Waals surface area contributed by atoms with Crippen molar-refractivity contribution < 1.29 is 4.79 Å².